The van der Waals surface area contributed by atoms with Gasteiger partial charge in [-0.05, 0) is 49.2 Å². The average Bonchev–Trinajstić information content (AvgIpc) is 2.74. The van der Waals surface area contributed by atoms with Gasteiger partial charge in [0.1, 0.15) is 11.6 Å². The van der Waals surface area contributed by atoms with E-state index in [1.807, 2.05) is 6.07 Å². The Morgan fingerprint density at radius 1 is 1.17 bits per heavy atom. The predicted molar refractivity (Wildman–Crippen MR) is 106 cm³/mol. The quantitative estimate of drug-likeness (QED) is 0.638. The SMILES string of the molecule is O=C(/C=C/c1cc(F)ccc1F)N1CCC[C@H](n2cnc3ccccc3c2=O)C1. The number of hydrogen-bond donors (Lipinski definition) is 0. The molecule has 2 heterocycles. The number of para-hydroxylation sites is 1. The first-order valence-corrected chi connectivity index (χ1v) is 9.41. The van der Waals surface area contributed by atoms with Crippen LogP contribution in [0.15, 0.2) is 59.7 Å². The van der Waals surface area contributed by atoms with E-state index in [1.54, 1.807) is 27.7 Å². The van der Waals surface area contributed by atoms with Gasteiger partial charge in [0.15, 0.2) is 0 Å². The molecule has 1 atom stereocenters. The number of amides is 1. The molecule has 0 N–H and O–H groups in total. The van der Waals surface area contributed by atoms with Crippen molar-refractivity contribution in [3.05, 3.63) is 82.4 Å². The summed E-state index contributed by atoms with van der Waals surface area (Å²) >= 11 is 0. The molecule has 0 spiro atoms. The molecule has 1 fully saturated rings. The van der Waals surface area contributed by atoms with Crippen molar-refractivity contribution in [3.8, 4) is 0 Å². The number of benzene rings is 2. The monoisotopic (exact) mass is 395 g/mol. The van der Waals surface area contributed by atoms with Crippen molar-refractivity contribution in [3.63, 3.8) is 0 Å². The van der Waals surface area contributed by atoms with E-state index in [0.717, 1.165) is 31.0 Å². The second kappa shape index (κ2) is 7.95. The standard InChI is InChI=1S/C22H19F2N3O2/c23-16-8-9-19(24)15(12-16)7-10-21(28)26-11-3-4-17(13-26)27-14-25-20-6-2-1-5-18(20)22(27)29/h1-2,5-10,12,14,17H,3-4,11,13H2/b10-7+/t17-/m0/s1. The van der Waals surface area contributed by atoms with E-state index in [0.29, 0.717) is 24.0 Å². The van der Waals surface area contributed by atoms with Gasteiger partial charge < -0.3 is 4.90 Å². The molecule has 29 heavy (non-hydrogen) atoms. The van der Waals surface area contributed by atoms with Crippen molar-refractivity contribution >= 4 is 22.9 Å². The summed E-state index contributed by atoms with van der Waals surface area (Å²) < 4.78 is 28.6. The summed E-state index contributed by atoms with van der Waals surface area (Å²) in [7, 11) is 0. The van der Waals surface area contributed by atoms with Crippen LogP contribution in [0.25, 0.3) is 17.0 Å². The van der Waals surface area contributed by atoms with E-state index in [2.05, 4.69) is 4.98 Å². The number of fused-ring (bicyclic) bond motifs is 1. The lowest BCUT2D eigenvalue weighted by atomic mass is 10.0. The van der Waals surface area contributed by atoms with Gasteiger partial charge in [-0.1, -0.05) is 12.1 Å². The Morgan fingerprint density at radius 3 is 2.86 bits per heavy atom. The number of likely N-dealkylation sites (tertiary alicyclic amines) is 1. The van der Waals surface area contributed by atoms with E-state index in [4.69, 9.17) is 0 Å². The van der Waals surface area contributed by atoms with E-state index in [1.165, 1.54) is 18.5 Å². The lowest BCUT2D eigenvalue weighted by Gasteiger charge is -2.33. The second-order valence-corrected chi connectivity index (χ2v) is 7.05. The first-order valence-electron chi connectivity index (χ1n) is 9.41. The molecule has 0 aliphatic carbocycles. The third kappa shape index (κ3) is 3.94. The summed E-state index contributed by atoms with van der Waals surface area (Å²) in [5, 5.41) is 0.542. The van der Waals surface area contributed by atoms with Crippen LogP contribution in [0, 0.1) is 11.6 Å². The zero-order valence-electron chi connectivity index (χ0n) is 15.6. The highest BCUT2D eigenvalue weighted by Crippen LogP contribution is 2.21. The van der Waals surface area contributed by atoms with Crippen molar-refractivity contribution < 1.29 is 13.6 Å². The maximum absolute atomic E-state index is 13.7. The van der Waals surface area contributed by atoms with Gasteiger partial charge in [0.2, 0.25) is 5.91 Å². The van der Waals surface area contributed by atoms with Crippen molar-refractivity contribution in [2.45, 2.75) is 18.9 Å². The van der Waals surface area contributed by atoms with Crippen molar-refractivity contribution in [1.82, 2.24) is 14.5 Å². The molecule has 5 nitrogen and oxygen atoms in total. The van der Waals surface area contributed by atoms with Crippen LogP contribution < -0.4 is 5.56 Å². The van der Waals surface area contributed by atoms with Gasteiger partial charge >= 0.3 is 0 Å². The normalized spacial score (nSPS) is 17.2. The molecular weight excluding hydrogens is 376 g/mol. The van der Waals surface area contributed by atoms with Crippen LogP contribution in [0.3, 0.4) is 0 Å². The molecule has 0 unspecified atom stereocenters. The molecule has 2 aromatic carbocycles. The highest BCUT2D eigenvalue weighted by Gasteiger charge is 2.25. The first-order chi connectivity index (χ1) is 14.0. The van der Waals surface area contributed by atoms with Crippen LogP contribution in [0.4, 0.5) is 8.78 Å². The van der Waals surface area contributed by atoms with Crippen LogP contribution in [0.2, 0.25) is 0 Å². The number of nitrogens with zero attached hydrogens (tertiary/aromatic N) is 3. The van der Waals surface area contributed by atoms with Gasteiger partial charge in [-0.25, -0.2) is 13.8 Å². The van der Waals surface area contributed by atoms with Crippen molar-refractivity contribution in [2.24, 2.45) is 0 Å². The topological polar surface area (TPSA) is 55.2 Å². The summed E-state index contributed by atoms with van der Waals surface area (Å²) in [6.45, 7) is 0.899. The summed E-state index contributed by atoms with van der Waals surface area (Å²) in [5.41, 5.74) is 0.520. The Morgan fingerprint density at radius 2 is 2.00 bits per heavy atom. The van der Waals surface area contributed by atoms with Gasteiger partial charge in [0.05, 0.1) is 23.3 Å². The molecule has 1 aliphatic heterocycles. The van der Waals surface area contributed by atoms with E-state index in [-0.39, 0.29) is 23.1 Å². The molecule has 1 amide bonds. The molecule has 148 valence electrons. The third-order valence-electron chi connectivity index (χ3n) is 5.16. The molecule has 1 aliphatic rings. The van der Waals surface area contributed by atoms with Crippen LogP contribution in [-0.4, -0.2) is 33.4 Å². The van der Waals surface area contributed by atoms with Crippen molar-refractivity contribution in [1.29, 1.82) is 0 Å². The third-order valence-corrected chi connectivity index (χ3v) is 5.16. The zero-order valence-corrected chi connectivity index (χ0v) is 15.6. The fourth-order valence-corrected chi connectivity index (χ4v) is 3.63. The van der Waals surface area contributed by atoms with Crippen LogP contribution in [0.5, 0.6) is 0 Å². The number of carbonyl (C=O) groups excluding carboxylic acids is 1. The van der Waals surface area contributed by atoms with Gasteiger partial charge in [-0.3, -0.25) is 14.2 Å². The average molecular weight is 395 g/mol. The molecule has 1 aromatic heterocycles. The number of rotatable bonds is 3. The van der Waals surface area contributed by atoms with Gasteiger partial charge in [0, 0.05) is 24.7 Å². The maximum atomic E-state index is 13.7. The highest BCUT2D eigenvalue weighted by atomic mass is 19.1. The molecule has 4 rings (SSSR count). The number of piperidine rings is 1. The number of aromatic nitrogens is 2. The van der Waals surface area contributed by atoms with Gasteiger partial charge in [-0.2, -0.15) is 0 Å². The first kappa shape index (κ1) is 19.0. The van der Waals surface area contributed by atoms with E-state index in [9.17, 15) is 18.4 Å². The van der Waals surface area contributed by atoms with Crippen LogP contribution in [0.1, 0.15) is 24.4 Å². The Bertz CT molecular complexity index is 1160. The minimum atomic E-state index is -0.597. The molecule has 0 radical (unpaired) electrons. The summed E-state index contributed by atoms with van der Waals surface area (Å²) in [6.07, 6.45) is 5.53. The fourth-order valence-electron chi connectivity index (χ4n) is 3.63. The summed E-state index contributed by atoms with van der Waals surface area (Å²) in [4.78, 5) is 31.3. The predicted octanol–water partition coefficient (Wildman–Crippen LogP) is 3.55. The largest absolute Gasteiger partial charge is 0.337 e. The minimum absolute atomic E-state index is 0.0156. The molecule has 0 bridgehead atoms. The number of halogens is 2. The molecular formula is C22H19F2N3O2. The Hall–Kier alpha value is -3.35. The summed E-state index contributed by atoms with van der Waals surface area (Å²) in [5.74, 6) is -1.47. The molecule has 7 heteroatoms. The lowest BCUT2D eigenvalue weighted by molar-refractivity contribution is -0.127. The number of carbonyl (C=O) groups is 1. The van der Waals surface area contributed by atoms with E-state index < -0.39 is 11.6 Å². The van der Waals surface area contributed by atoms with Crippen LogP contribution >= 0.6 is 0 Å². The minimum Gasteiger partial charge on any atom is -0.337 e. The molecule has 1 saturated heterocycles. The second-order valence-electron chi connectivity index (χ2n) is 7.05. The molecule has 0 saturated carbocycles. The highest BCUT2D eigenvalue weighted by molar-refractivity contribution is 5.91. The van der Waals surface area contributed by atoms with Crippen molar-refractivity contribution in [2.75, 3.05) is 13.1 Å². The van der Waals surface area contributed by atoms with Gasteiger partial charge in [0.25, 0.3) is 5.56 Å². The van der Waals surface area contributed by atoms with Gasteiger partial charge in [-0.15, -0.1) is 0 Å². The smallest absolute Gasteiger partial charge is 0.261 e. The fraction of sp³-hybridized carbons (Fsp3) is 0.227. The zero-order chi connectivity index (χ0) is 20.4. The van der Waals surface area contributed by atoms with Crippen LogP contribution in [-0.2, 0) is 4.79 Å². The molecule has 3 aromatic rings. The number of hydrogen-bond acceptors (Lipinski definition) is 3. The Labute approximate surface area is 165 Å². The van der Waals surface area contributed by atoms with E-state index >= 15 is 0 Å². The lowest BCUT2D eigenvalue weighted by Crippen LogP contribution is -2.42. The summed E-state index contributed by atoms with van der Waals surface area (Å²) in [6, 6.07) is 10.1. The Kier molecular flexibility index (Phi) is 5.20. The Balaban J connectivity index is 1.53. The maximum Gasteiger partial charge on any atom is 0.261 e.